The Bertz CT molecular complexity index is 476. The third kappa shape index (κ3) is 4.88. The molecular formula is C17H24N2O2. The standard InChI is InChI=1S/C17H24N2O2/c1-2-13-7-9-15(10-8-13)19-17(21)16(20)18-12-11-14-5-3-4-6-14/h7-10,14H,2-6,11-12H2,1H3,(H,18,20)(H,19,21). The molecule has 1 fully saturated rings. The number of benzene rings is 1. The number of aryl methyl sites for hydroxylation is 1. The summed E-state index contributed by atoms with van der Waals surface area (Å²) in [4.78, 5) is 23.5. The summed E-state index contributed by atoms with van der Waals surface area (Å²) in [6.07, 6.45) is 7.04. The highest BCUT2D eigenvalue weighted by Crippen LogP contribution is 2.26. The molecule has 0 saturated heterocycles. The van der Waals surface area contributed by atoms with Gasteiger partial charge in [-0.2, -0.15) is 0 Å². The van der Waals surface area contributed by atoms with Crippen molar-refractivity contribution in [1.82, 2.24) is 5.32 Å². The molecule has 1 aliphatic rings. The Balaban J connectivity index is 1.72. The Hall–Kier alpha value is -1.84. The summed E-state index contributed by atoms with van der Waals surface area (Å²) in [6.45, 7) is 2.66. The average Bonchev–Trinajstić information content (AvgIpc) is 3.01. The minimum absolute atomic E-state index is 0.549. The first-order valence-corrected chi connectivity index (χ1v) is 7.87. The van der Waals surface area contributed by atoms with Gasteiger partial charge in [0.1, 0.15) is 0 Å². The first-order valence-electron chi connectivity index (χ1n) is 7.87. The van der Waals surface area contributed by atoms with Gasteiger partial charge in [-0.1, -0.05) is 44.7 Å². The highest BCUT2D eigenvalue weighted by molar-refractivity contribution is 6.39. The van der Waals surface area contributed by atoms with Gasteiger partial charge in [0.05, 0.1) is 0 Å². The molecule has 2 rings (SSSR count). The summed E-state index contributed by atoms with van der Waals surface area (Å²) in [5.74, 6) is -0.423. The van der Waals surface area contributed by atoms with Crippen molar-refractivity contribution in [3.05, 3.63) is 29.8 Å². The summed E-state index contributed by atoms with van der Waals surface area (Å²) >= 11 is 0. The van der Waals surface area contributed by atoms with E-state index in [9.17, 15) is 9.59 Å². The molecule has 0 aliphatic heterocycles. The number of carbonyl (C=O) groups is 2. The van der Waals surface area contributed by atoms with Crippen LogP contribution in [0.3, 0.4) is 0 Å². The smallest absolute Gasteiger partial charge is 0.313 e. The summed E-state index contributed by atoms with van der Waals surface area (Å²) in [5, 5.41) is 5.32. The van der Waals surface area contributed by atoms with Crippen molar-refractivity contribution >= 4 is 17.5 Å². The van der Waals surface area contributed by atoms with Crippen LogP contribution in [0.25, 0.3) is 0 Å². The monoisotopic (exact) mass is 288 g/mol. The molecule has 1 aromatic carbocycles. The zero-order valence-corrected chi connectivity index (χ0v) is 12.7. The van der Waals surface area contributed by atoms with Gasteiger partial charge in [0.2, 0.25) is 0 Å². The molecule has 1 aliphatic carbocycles. The molecule has 0 aromatic heterocycles. The molecule has 0 radical (unpaired) electrons. The van der Waals surface area contributed by atoms with Crippen molar-refractivity contribution in [1.29, 1.82) is 0 Å². The number of hydrogen-bond acceptors (Lipinski definition) is 2. The average molecular weight is 288 g/mol. The fourth-order valence-corrected chi connectivity index (χ4v) is 2.78. The van der Waals surface area contributed by atoms with Gasteiger partial charge in [0.15, 0.2) is 0 Å². The van der Waals surface area contributed by atoms with E-state index in [4.69, 9.17) is 0 Å². The van der Waals surface area contributed by atoms with Crippen LogP contribution in [-0.2, 0) is 16.0 Å². The van der Waals surface area contributed by atoms with E-state index in [1.54, 1.807) is 0 Å². The van der Waals surface area contributed by atoms with E-state index in [1.807, 2.05) is 24.3 Å². The molecule has 2 N–H and O–H groups in total. The van der Waals surface area contributed by atoms with E-state index in [2.05, 4.69) is 17.6 Å². The molecule has 21 heavy (non-hydrogen) atoms. The largest absolute Gasteiger partial charge is 0.348 e. The number of nitrogens with one attached hydrogen (secondary N) is 2. The number of rotatable bonds is 5. The lowest BCUT2D eigenvalue weighted by molar-refractivity contribution is -0.136. The maximum absolute atomic E-state index is 11.8. The van der Waals surface area contributed by atoms with Crippen LogP contribution in [-0.4, -0.2) is 18.4 Å². The molecule has 1 aromatic rings. The van der Waals surface area contributed by atoms with Crippen molar-refractivity contribution in [3.8, 4) is 0 Å². The van der Waals surface area contributed by atoms with E-state index in [0.717, 1.165) is 18.8 Å². The van der Waals surface area contributed by atoms with Gasteiger partial charge in [-0.3, -0.25) is 9.59 Å². The van der Waals surface area contributed by atoms with Crippen molar-refractivity contribution in [3.63, 3.8) is 0 Å². The quantitative estimate of drug-likeness (QED) is 0.819. The molecule has 2 amide bonds. The minimum Gasteiger partial charge on any atom is -0.348 e. The Morgan fingerprint density at radius 2 is 1.76 bits per heavy atom. The van der Waals surface area contributed by atoms with Gasteiger partial charge in [-0.25, -0.2) is 0 Å². The molecule has 0 atom stereocenters. The third-order valence-electron chi connectivity index (χ3n) is 4.14. The summed E-state index contributed by atoms with van der Waals surface area (Å²) < 4.78 is 0. The predicted octanol–water partition coefficient (Wildman–Crippen LogP) is 2.88. The first kappa shape index (κ1) is 15.5. The lowest BCUT2D eigenvalue weighted by Gasteiger charge is -2.10. The van der Waals surface area contributed by atoms with Crippen LogP contribution in [0.4, 0.5) is 5.69 Å². The maximum atomic E-state index is 11.8. The second kappa shape index (κ2) is 7.81. The SMILES string of the molecule is CCc1ccc(NC(=O)C(=O)NCCC2CCCC2)cc1. The molecule has 4 nitrogen and oxygen atoms in total. The Kier molecular flexibility index (Phi) is 5.78. The molecule has 114 valence electrons. The van der Waals surface area contributed by atoms with Crippen LogP contribution >= 0.6 is 0 Å². The van der Waals surface area contributed by atoms with Gasteiger partial charge in [-0.05, 0) is 36.5 Å². The van der Waals surface area contributed by atoms with E-state index in [-0.39, 0.29) is 0 Å². The number of anilines is 1. The Labute approximate surface area is 126 Å². The molecule has 0 bridgehead atoms. The van der Waals surface area contributed by atoms with Crippen LogP contribution in [0.5, 0.6) is 0 Å². The van der Waals surface area contributed by atoms with Gasteiger partial charge in [0, 0.05) is 12.2 Å². The number of amides is 2. The molecular weight excluding hydrogens is 264 g/mol. The summed E-state index contributed by atoms with van der Waals surface area (Å²) in [6, 6.07) is 7.55. The zero-order valence-electron chi connectivity index (χ0n) is 12.7. The fourth-order valence-electron chi connectivity index (χ4n) is 2.78. The van der Waals surface area contributed by atoms with Crippen molar-refractivity contribution in [2.24, 2.45) is 5.92 Å². The second-order valence-electron chi connectivity index (χ2n) is 5.70. The summed E-state index contributed by atoms with van der Waals surface area (Å²) in [7, 11) is 0. The predicted molar refractivity (Wildman–Crippen MR) is 84.0 cm³/mol. The zero-order chi connectivity index (χ0) is 15.1. The molecule has 1 saturated carbocycles. The van der Waals surface area contributed by atoms with Gasteiger partial charge >= 0.3 is 11.8 Å². The third-order valence-corrected chi connectivity index (χ3v) is 4.14. The first-order chi connectivity index (χ1) is 10.2. The highest BCUT2D eigenvalue weighted by Gasteiger charge is 2.17. The van der Waals surface area contributed by atoms with Crippen LogP contribution in [0.15, 0.2) is 24.3 Å². The number of carbonyl (C=O) groups excluding carboxylic acids is 2. The molecule has 0 spiro atoms. The maximum Gasteiger partial charge on any atom is 0.313 e. The van der Waals surface area contributed by atoms with E-state index < -0.39 is 11.8 Å². The van der Waals surface area contributed by atoms with Crippen molar-refractivity contribution < 1.29 is 9.59 Å². The van der Waals surface area contributed by atoms with Gasteiger partial charge < -0.3 is 10.6 Å². The van der Waals surface area contributed by atoms with E-state index in [1.165, 1.54) is 31.2 Å². The topological polar surface area (TPSA) is 58.2 Å². The normalized spacial score (nSPS) is 14.9. The van der Waals surface area contributed by atoms with E-state index in [0.29, 0.717) is 12.2 Å². The lowest BCUT2D eigenvalue weighted by Crippen LogP contribution is -2.36. The Morgan fingerprint density at radius 3 is 2.38 bits per heavy atom. The number of hydrogen-bond donors (Lipinski definition) is 2. The fraction of sp³-hybridized carbons (Fsp3) is 0.529. The molecule has 0 unspecified atom stereocenters. The van der Waals surface area contributed by atoms with E-state index >= 15 is 0 Å². The second-order valence-corrected chi connectivity index (χ2v) is 5.70. The lowest BCUT2D eigenvalue weighted by atomic mass is 10.0. The van der Waals surface area contributed by atoms with Crippen LogP contribution in [0, 0.1) is 5.92 Å². The minimum atomic E-state index is -0.592. The van der Waals surface area contributed by atoms with Crippen LogP contribution in [0.1, 0.15) is 44.6 Å². The molecule has 0 heterocycles. The van der Waals surface area contributed by atoms with Gasteiger partial charge in [0.25, 0.3) is 0 Å². The van der Waals surface area contributed by atoms with Crippen LogP contribution < -0.4 is 10.6 Å². The Morgan fingerprint density at radius 1 is 1.10 bits per heavy atom. The van der Waals surface area contributed by atoms with Crippen molar-refractivity contribution in [2.45, 2.75) is 45.4 Å². The van der Waals surface area contributed by atoms with Crippen molar-refractivity contribution in [2.75, 3.05) is 11.9 Å². The van der Waals surface area contributed by atoms with Gasteiger partial charge in [-0.15, -0.1) is 0 Å². The highest BCUT2D eigenvalue weighted by atomic mass is 16.2. The molecule has 4 heteroatoms. The summed E-state index contributed by atoms with van der Waals surface area (Å²) in [5.41, 5.74) is 1.86. The van der Waals surface area contributed by atoms with Crippen LogP contribution in [0.2, 0.25) is 0 Å².